The minimum atomic E-state index is -0.503. The average Bonchev–Trinajstić information content (AvgIpc) is 2.95. The molecule has 24 heavy (non-hydrogen) atoms. The molecule has 0 aliphatic carbocycles. The van der Waals surface area contributed by atoms with Gasteiger partial charge in [-0.05, 0) is 42.8 Å². The lowest BCUT2D eigenvalue weighted by atomic mass is 10.1. The summed E-state index contributed by atoms with van der Waals surface area (Å²) in [5.74, 6) is -0.572. The third-order valence-corrected chi connectivity index (χ3v) is 3.89. The van der Waals surface area contributed by atoms with E-state index in [-0.39, 0.29) is 18.3 Å². The van der Waals surface area contributed by atoms with Crippen LogP contribution in [0.5, 0.6) is 0 Å². The van der Waals surface area contributed by atoms with E-state index in [1.807, 2.05) is 19.1 Å². The van der Waals surface area contributed by atoms with E-state index in [0.29, 0.717) is 17.8 Å². The van der Waals surface area contributed by atoms with Gasteiger partial charge in [0.1, 0.15) is 11.9 Å². The van der Waals surface area contributed by atoms with Crippen LogP contribution in [0.1, 0.15) is 15.9 Å². The van der Waals surface area contributed by atoms with Crippen LogP contribution in [0.4, 0.5) is 14.9 Å². The van der Waals surface area contributed by atoms with E-state index in [2.05, 4.69) is 5.32 Å². The maximum Gasteiger partial charge on any atom is 0.414 e. The number of nitrogens with zero attached hydrogens (tertiary/aromatic N) is 1. The molecule has 0 saturated carbocycles. The topological polar surface area (TPSA) is 58.6 Å². The number of hydrogen-bond donors (Lipinski definition) is 1. The molecule has 0 unspecified atom stereocenters. The molecule has 1 aliphatic rings. The van der Waals surface area contributed by atoms with E-state index in [9.17, 15) is 14.0 Å². The number of anilines is 1. The first-order chi connectivity index (χ1) is 11.5. The van der Waals surface area contributed by atoms with Crippen molar-refractivity contribution in [2.45, 2.75) is 13.0 Å². The molecular weight excluding hydrogens is 311 g/mol. The molecule has 1 fully saturated rings. The van der Waals surface area contributed by atoms with Crippen LogP contribution in [0.15, 0.2) is 48.5 Å². The van der Waals surface area contributed by atoms with Crippen molar-refractivity contribution in [3.05, 3.63) is 65.5 Å². The van der Waals surface area contributed by atoms with Crippen LogP contribution in [0.25, 0.3) is 0 Å². The van der Waals surface area contributed by atoms with Gasteiger partial charge in [0, 0.05) is 11.3 Å². The van der Waals surface area contributed by atoms with Gasteiger partial charge in [-0.25, -0.2) is 9.18 Å². The van der Waals surface area contributed by atoms with E-state index in [0.717, 1.165) is 5.56 Å². The van der Waals surface area contributed by atoms with Crippen LogP contribution in [0.2, 0.25) is 0 Å². The van der Waals surface area contributed by atoms with E-state index < -0.39 is 12.2 Å². The summed E-state index contributed by atoms with van der Waals surface area (Å²) in [6.07, 6.45) is -0.952. The largest absolute Gasteiger partial charge is 0.442 e. The molecule has 2 amide bonds. The normalized spacial score (nSPS) is 16.8. The fourth-order valence-corrected chi connectivity index (χ4v) is 2.59. The van der Waals surface area contributed by atoms with Crippen molar-refractivity contribution in [3.8, 4) is 0 Å². The van der Waals surface area contributed by atoms with Gasteiger partial charge in [0.05, 0.1) is 13.1 Å². The number of benzene rings is 2. The van der Waals surface area contributed by atoms with Gasteiger partial charge in [0.15, 0.2) is 0 Å². The molecule has 6 heteroatoms. The number of ether oxygens (including phenoxy) is 1. The summed E-state index contributed by atoms with van der Waals surface area (Å²) in [6, 6.07) is 12.9. The lowest BCUT2D eigenvalue weighted by Crippen LogP contribution is -2.34. The summed E-state index contributed by atoms with van der Waals surface area (Å²) in [7, 11) is 0. The Bertz CT molecular complexity index is 761. The molecular formula is C18H17FN2O3. The number of carbonyl (C=O) groups is 2. The average molecular weight is 328 g/mol. The Morgan fingerprint density at radius 1 is 1.25 bits per heavy atom. The van der Waals surface area contributed by atoms with Crippen molar-refractivity contribution in [1.29, 1.82) is 0 Å². The number of amides is 2. The number of cyclic esters (lactones) is 1. The second-order valence-corrected chi connectivity index (χ2v) is 5.62. The SMILES string of the molecule is Cc1ccccc1C(=O)NC[C@H]1CN(c2ccc(F)cc2)C(=O)O1. The molecule has 1 heterocycles. The zero-order valence-electron chi connectivity index (χ0n) is 13.2. The summed E-state index contributed by atoms with van der Waals surface area (Å²) in [5, 5.41) is 2.78. The third kappa shape index (κ3) is 3.37. The molecule has 0 aromatic heterocycles. The minimum absolute atomic E-state index is 0.204. The quantitative estimate of drug-likeness (QED) is 0.939. The Morgan fingerprint density at radius 3 is 2.67 bits per heavy atom. The van der Waals surface area contributed by atoms with Crippen molar-refractivity contribution >= 4 is 17.7 Å². The first-order valence-corrected chi connectivity index (χ1v) is 7.62. The van der Waals surface area contributed by atoms with Gasteiger partial charge in [-0.2, -0.15) is 0 Å². The van der Waals surface area contributed by atoms with Gasteiger partial charge in [0.25, 0.3) is 5.91 Å². The van der Waals surface area contributed by atoms with Crippen molar-refractivity contribution < 1.29 is 18.7 Å². The van der Waals surface area contributed by atoms with Gasteiger partial charge in [-0.3, -0.25) is 9.69 Å². The highest BCUT2D eigenvalue weighted by atomic mass is 19.1. The highest BCUT2D eigenvalue weighted by molar-refractivity contribution is 5.95. The number of carbonyl (C=O) groups excluding carboxylic acids is 2. The molecule has 124 valence electrons. The Kier molecular flexibility index (Phi) is 4.46. The first-order valence-electron chi connectivity index (χ1n) is 7.62. The fourth-order valence-electron chi connectivity index (χ4n) is 2.59. The van der Waals surface area contributed by atoms with Crippen LogP contribution in [-0.4, -0.2) is 31.2 Å². The highest BCUT2D eigenvalue weighted by Crippen LogP contribution is 2.21. The van der Waals surface area contributed by atoms with Crippen LogP contribution in [0, 0.1) is 12.7 Å². The second-order valence-electron chi connectivity index (χ2n) is 5.62. The summed E-state index contributed by atoms with van der Waals surface area (Å²) in [4.78, 5) is 25.5. The number of nitrogens with one attached hydrogen (secondary N) is 1. The summed E-state index contributed by atoms with van der Waals surface area (Å²) < 4.78 is 18.2. The van der Waals surface area contributed by atoms with Crippen LogP contribution < -0.4 is 10.2 Å². The standard InChI is InChI=1S/C18H17FN2O3/c1-12-4-2-3-5-16(12)17(22)20-10-15-11-21(18(23)24-15)14-8-6-13(19)7-9-14/h2-9,15H,10-11H2,1H3,(H,20,22)/t15-/m0/s1. The van der Waals surface area contributed by atoms with E-state index in [1.54, 1.807) is 12.1 Å². The van der Waals surface area contributed by atoms with Gasteiger partial charge in [-0.1, -0.05) is 18.2 Å². The lowest BCUT2D eigenvalue weighted by Gasteiger charge is -2.13. The van der Waals surface area contributed by atoms with Gasteiger partial charge < -0.3 is 10.1 Å². The Hall–Kier alpha value is -2.89. The molecule has 1 saturated heterocycles. The smallest absolute Gasteiger partial charge is 0.414 e. The second kappa shape index (κ2) is 6.70. The number of halogens is 1. The maximum absolute atomic E-state index is 13.0. The van der Waals surface area contributed by atoms with Crippen molar-refractivity contribution in [2.24, 2.45) is 0 Å². The molecule has 2 aromatic carbocycles. The number of hydrogen-bond acceptors (Lipinski definition) is 3. The van der Waals surface area contributed by atoms with E-state index in [4.69, 9.17) is 4.74 Å². The van der Waals surface area contributed by atoms with Crippen LogP contribution in [0.3, 0.4) is 0 Å². The molecule has 2 aromatic rings. The van der Waals surface area contributed by atoms with Gasteiger partial charge in [0.2, 0.25) is 0 Å². The zero-order chi connectivity index (χ0) is 17.1. The number of rotatable bonds is 4. The molecule has 0 bridgehead atoms. The summed E-state index contributed by atoms with van der Waals surface area (Å²) >= 11 is 0. The fraction of sp³-hybridized carbons (Fsp3) is 0.222. The van der Waals surface area contributed by atoms with E-state index in [1.165, 1.54) is 29.2 Å². The van der Waals surface area contributed by atoms with Crippen molar-refractivity contribution in [1.82, 2.24) is 5.32 Å². The maximum atomic E-state index is 13.0. The molecule has 1 N–H and O–H groups in total. The third-order valence-electron chi connectivity index (χ3n) is 3.89. The van der Waals surface area contributed by atoms with Gasteiger partial charge >= 0.3 is 6.09 Å². The lowest BCUT2D eigenvalue weighted by molar-refractivity contribution is 0.0915. The van der Waals surface area contributed by atoms with Crippen molar-refractivity contribution in [2.75, 3.05) is 18.0 Å². The Balaban J connectivity index is 1.59. The minimum Gasteiger partial charge on any atom is -0.442 e. The highest BCUT2D eigenvalue weighted by Gasteiger charge is 2.32. The Morgan fingerprint density at radius 2 is 1.96 bits per heavy atom. The Labute approximate surface area is 139 Å². The van der Waals surface area contributed by atoms with Crippen molar-refractivity contribution in [3.63, 3.8) is 0 Å². The molecule has 1 atom stereocenters. The summed E-state index contributed by atoms with van der Waals surface area (Å²) in [5.41, 5.74) is 2.04. The molecule has 0 spiro atoms. The zero-order valence-corrected chi connectivity index (χ0v) is 13.2. The van der Waals surface area contributed by atoms with Gasteiger partial charge in [-0.15, -0.1) is 0 Å². The molecule has 1 aliphatic heterocycles. The predicted octanol–water partition coefficient (Wildman–Crippen LogP) is 2.89. The first kappa shape index (κ1) is 16.0. The van der Waals surface area contributed by atoms with Crippen LogP contribution in [-0.2, 0) is 4.74 Å². The molecule has 0 radical (unpaired) electrons. The monoisotopic (exact) mass is 328 g/mol. The predicted molar refractivity (Wildman–Crippen MR) is 87.5 cm³/mol. The number of aryl methyl sites for hydroxylation is 1. The van der Waals surface area contributed by atoms with Crippen LogP contribution >= 0.6 is 0 Å². The molecule has 3 rings (SSSR count). The summed E-state index contributed by atoms with van der Waals surface area (Å²) in [6.45, 7) is 2.38. The van der Waals surface area contributed by atoms with E-state index >= 15 is 0 Å². The molecule has 5 nitrogen and oxygen atoms in total.